The standard InChI is InChI=1S/C12H23NO/c1-12(2,10-13-8-9-14)11-6-4-3-5-7-11/h9,11,13H,3-8,10H2,1-2H3. The van der Waals surface area contributed by atoms with Crippen LogP contribution in [0, 0.1) is 11.3 Å². The molecule has 0 heterocycles. The third-order valence-corrected chi connectivity index (χ3v) is 3.52. The van der Waals surface area contributed by atoms with Crippen molar-refractivity contribution in [2.45, 2.75) is 46.0 Å². The van der Waals surface area contributed by atoms with Gasteiger partial charge in [-0.25, -0.2) is 0 Å². The topological polar surface area (TPSA) is 29.1 Å². The summed E-state index contributed by atoms with van der Waals surface area (Å²) in [4.78, 5) is 10.2. The zero-order valence-corrected chi connectivity index (χ0v) is 9.51. The SMILES string of the molecule is CC(C)(CNCC=O)C1CCCCC1. The molecule has 0 spiro atoms. The number of carbonyl (C=O) groups excluding carboxylic acids is 1. The van der Waals surface area contributed by atoms with Crippen LogP contribution in [0.15, 0.2) is 0 Å². The lowest BCUT2D eigenvalue weighted by atomic mass is 9.71. The fourth-order valence-electron chi connectivity index (χ4n) is 2.48. The maximum Gasteiger partial charge on any atom is 0.133 e. The van der Waals surface area contributed by atoms with Crippen LogP contribution in [0.2, 0.25) is 0 Å². The van der Waals surface area contributed by atoms with Crippen molar-refractivity contribution in [1.82, 2.24) is 5.32 Å². The van der Waals surface area contributed by atoms with E-state index in [9.17, 15) is 4.79 Å². The first-order valence-electron chi connectivity index (χ1n) is 5.81. The van der Waals surface area contributed by atoms with Crippen LogP contribution >= 0.6 is 0 Å². The van der Waals surface area contributed by atoms with Crippen molar-refractivity contribution in [3.05, 3.63) is 0 Å². The molecule has 0 unspecified atom stereocenters. The molecule has 2 nitrogen and oxygen atoms in total. The van der Waals surface area contributed by atoms with E-state index in [1.54, 1.807) is 0 Å². The first-order chi connectivity index (χ1) is 6.67. The minimum atomic E-state index is 0.351. The van der Waals surface area contributed by atoms with Crippen LogP contribution < -0.4 is 5.32 Å². The quantitative estimate of drug-likeness (QED) is 0.541. The second-order valence-electron chi connectivity index (χ2n) is 5.12. The van der Waals surface area contributed by atoms with E-state index in [-0.39, 0.29) is 0 Å². The Morgan fingerprint density at radius 3 is 2.50 bits per heavy atom. The zero-order valence-electron chi connectivity index (χ0n) is 9.51. The van der Waals surface area contributed by atoms with Crippen molar-refractivity contribution in [1.29, 1.82) is 0 Å². The van der Waals surface area contributed by atoms with Gasteiger partial charge in [-0.15, -0.1) is 0 Å². The number of nitrogens with one attached hydrogen (secondary N) is 1. The Hall–Kier alpha value is -0.370. The van der Waals surface area contributed by atoms with Gasteiger partial charge in [-0.3, -0.25) is 0 Å². The summed E-state index contributed by atoms with van der Waals surface area (Å²) in [6, 6.07) is 0. The molecule has 1 saturated carbocycles. The van der Waals surface area contributed by atoms with Crippen molar-refractivity contribution in [2.24, 2.45) is 11.3 Å². The van der Waals surface area contributed by atoms with Gasteiger partial charge in [0, 0.05) is 6.54 Å². The van der Waals surface area contributed by atoms with E-state index in [1.165, 1.54) is 32.1 Å². The average Bonchev–Trinajstić information content (AvgIpc) is 2.19. The van der Waals surface area contributed by atoms with Crippen LogP contribution in [-0.4, -0.2) is 19.4 Å². The van der Waals surface area contributed by atoms with E-state index in [2.05, 4.69) is 19.2 Å². The van der Waals surface area contributed by atoms with Crippen LogP contribution in [0.3, 0.4) is 0 Å². The van der Waals surface area contributed by atoms with Crippen LogP contribution in [-0.2, 0) is 4.79 Å². The van der Waals surface area contributed by atoms with Gasteiger partial charge in [-0.1, -0.05) is 33.1 Å². The number of carbonyl (C=O) groups is 1. The van der Waals surface area contributed by atoms with E-state index in [4.69, 9.17) is 0 Å². The van der Waals surface area contributed by atoms with Crippen LogP contribution in [0.1, 0.15) is 46.0 Å². The molecule has 2 heteroatoms. The molecule has 0 radical (unpaired) electrons. The lowest BCUT2D eigenvalue weighted by Gasteiger charge is -2.37. The molecule has 0 aromatic heterocycles. The van der Waals surface area contributed by atoms with Crippen LogP contribution in [0.25, 0.3) is 0 Å². The molecule has 1 rings (SSSR count). The van der Waals surface area contributed by atoms with Gasteiger partial charge in [0.1, 0.15) is 6.29 Å². The third-order valence-electron chi connectivity index (χ3n) is 3.52. The number of hydrogen-bond acceptors (Lipinski definition) is 2. The molecular weight excluding hydrogens is 174 g/mol. The highest BCUT2D eigenvalue weighted by molar-refractivity contribution is 5.51. The molecular formula is C12H23NO. The van der Waals surface area contributed by atoms with Crippen molar-refractivity contribution in [3.63, 3.8) is 0 Å². The lowest BCUT2D eigenvalue weighted by molar-refractivity contribution is -0.107. The Bertz CT molecular complexity index is 171. The molecule has 0 atom stereocenters. The summed E-state index contributed by atoms with van der Waals surface area (Å²) in [6.07, 6.45) is 7.88. The van der Waals surface area contributed by atoms with Crippen molar-refractivity contribution in [3.8, 4) is 0 Å². The molecule has 1 aliphatic carbocycles. The van der Waals surface area contributed by atoms with Gasteiger partial charge in [0.05, 0.1) is 6.54 Å². The zero-order chi connectivity index (χ0) is 10.4. The highest BCUT2D eigenvalue weighted by Gasteiger charge is 2.29. The number of hydrogen-bond donors (Lipinski definition) is 1. The molecule has 1 aliphatic rings. The highest BCUT2D eigenvalue weighted by atomic mass is 16.1. The van der Waals surface area contributed by atoms with Gasteiger partial charge in [-0.2, -0.15) is 0 Å². The van der Waals surface area contributed by atoms with Gasteiger partial charge < -0.3 is 10.1 Å². The number of rotatable bonds is 5. The maximum atomic E-state index is 10.2. The fraction of sp³-hybridized carbons (Fsp3) is 0.917. The van der Waals surface area contributed by atoms with Crippen molar-refractivity contribution in [2.75, 3.05) is 13.1 Å². The molecule has 0 aromatic carbocycles. The average molecular weight is 197 g/mol. The third kappa shape index (κ3) is 3.41. The summed E-state index contributed by atoms with van der Waals surface area (Å²) in [5.41, 5.74) is 0.351. The van der Waals surface area contributed by atoms with E-state index in [1.807, 2.05) is 0 Å². The van der Waals surface area contributed by atoms with E-state index in [0.717, 1.165) is 18.7 Å². The molecule has 0 amide bonds. The first-order valence-corrected chi connectivity index (χ1v) is 5.81. The second-order valence-corrected chi connectivity index (χ2v) is 5.12. The molecule has 0 bridgehead atoms. The van der Waals surface area contributed by atoms with E-state index >= 15 is 0 Å². The minimum Gasteiger partial charge on any atom is -0.310 e. The predicted octanol–water partition coefficient (Wildman–Crippen LogP) is 2.38. The first kappa shape index (κ1) is 11.7. The summed E-state index contributed by atoms with van der Waals surface area (Å²) >= 11 is 0. The van der Waals surface area contributed by atoms with E-state index < -0.39 is 0 Å². The Labute approximate surface area is 87.5 Å². The summed E-state index contributed by atoms with van der Waals surface area (Å²) in [6.45, 7) is 6.11. The lowest BCUT2D eigenvalue weighted by Crippen LogP contribution is -2.37. The normalized spacial score (nSPS) is 19.6. The van der Waals surface area contributed by atoms with Gasteiger partial charge in [0.15, 0.2) is 0 Å². The van der Waals surface area contributed by atoms with Gasteiger partial charge >= 0.3 is 0 Å². The monoisotopic (exact) mass is 197 g/mol. The summed E-state index contributed by atoms with van der Waals surface area (Å²) in [5.74, 6) is 0.843. The molecule has 0 aliphatic heterocycles. The molecule has 14 heavy (non-hydrogen) atoms. The van der Waals surface area contributed by atoms with Crippen LogP contribution in [0.5, 0.6) is 0 Å². The van der Waals surface area contributed by atoms with E-state index in [0.29, 0.717) is 12.0 Å². The van der Waals surface area contributed by atoms with Gasteiger partial charge in [-0.05, 0) is 24.2 Å². The summed E-state index contributed by atoms with van der Waals surface area (Å²) < 4.78 is 0. The van der Waals surface area contributed by atoms with Gasteiger partial charge in [0.25, 0.3) is 0 Å². The molecule has 0 saturated heterocycles. The van der Waals surface area contributed by atoms with Crippen molar-refractivity contribution < 1.29 is 4.79 Å². The summed E-state index contributed by atoms with van der Waals surface area (Å²) in [7, 11) is 0. The Morgan fingerprint density at radius 2 is 1.93 bits per heavy atom. The molecule has 0 aromatic rings. The highest BCUT2D eigenvalue weighted by Crippen LogP contribution is 2.37. The predicted molar refractivity (Wildman–Crippen MR) is 59.3 cm³/mol. The fourth-order valence-corrected chi connectivity index (χ4v) is 2.48. The van der Waals surface area contributed by atoms with Crippen LogP contribution in [0.4, 0.5) is 0 Å². The maximum absolute atomic E-state index is 10.2. The molecule has 82 valence electrons. The van der Waals surface area contributed by atoms with Crippen molar-refractivity contribution >= 4 is 6.29 Å². The Morgan fingerprint density at radius 1 is 1.29 bits per heavy atom. The summed E-state index contributed by atoms with van der Waals surface area (Å²) in [5, 5.41) is 3.20. The second kappa shape index (κ2) is 5.50. The smallest absolute Gasteiger partial charge is 0.133 e. The Balaban J connectivity index is 2.33. The minimum absolute atomic E-state index is 0.351. The largest absolute Gasteiger partial charge is 0.310 e. The van der Waals surface area contributed by atoms with Gasteiger partial charge in [0.2, 0.25) is 0 Å². The molecule has 1 N–H and O–H groups in total. The molecule has 1 fully saturated rings. The number of aldehydes is 1. The Kier molecular flexibility index (Phi) is 4.59.